The molecular weight excluding hydrogens is 240 g/mol. The van der Waals surface area contributed by atoms with Gasteiger partial charge < -0.3 is 15.4 Å². The van der Waals surface area contributed by atoms with Crippen LogP contribution in [-0.2, 0) is 9.53 Å². The number of carbonyl (C=O) groups is 1. The average Bonchev–Trinajstić information content (AvgIpc) is 2.36. The summed E-state index contributed by atoms with van der Waals surface area (Å²) < 4.78 is 5.67. The van der Waals surface area contributed by atoms with Gasteiger partial charge in [-0.15, -0.1) is 0 Å². The van der Waals surface area contributed by atoms with Crippen LogP contribution in [0.1, 0.15) is 58.8 Å². The molecule has 2 heterocycles. The second-order valence-electron chi connectivity index (χ2n) is 6.55. The van der Waals surface area contributed by atoms with Crippen molar-refractivity contribution >= 4 is 5.91 Å². The van der Waals surface area contributed by atoms with Gasteiger partial charge in [0.2, 0.25) is 5.91 Å². The summed E-state index contributed by atoms with van der Waals surface area (Å²) in [6.07, 6.45) is 7.27. The first-order chi connectivity index (χ1) is 9.05. The summed E-state index contributed by atoms with van der Waals surface area (Å²) in [7, 11) is 0. The van der Waals surface area contributed by atoms with Gasteiger partial charge in [0.25, 0.3) is 0 Å². The Labute approximate surface area is 116 Å². The Morgan fingerprint density at radius 3 is 2.89 bits per heavy atom. The van der Waals surface area contributed by atoms with Gasteiger partial charge in [0.05, 0.1) is 5.60 Å². The highest BCUT2D eigenvalue weighted by Crippen LogP contribution is 2.24. The lowest BCUT2D eigenvalue weighted by Crippen LogP contribution is -2.46. The number of hydrogen-bond donors (Lipinski definition) is 2. The van der Waals surface area contributed by atoms with Crippen molar-refractivity contribution < 1.29 is 9.53 Å². The number of nitrogens with one attached hydrogen (secondary N) is 2. The van der Waals surface area contributed by atoms with E-state index in [1.54, 1.807) is 0 Å². The summed E-state index contributed by atoms with van der Waals surface area (Å²) >= 11 is 0. The maximum Gasteiger partial charge on any atom is 0.220 e. The van der Waals surface area contributed by atoms with Crippen LogP contribution in [-0.4, -0.2) is 36.7 Å². The van der Waals surface area contributed by atoms with E-state index in [1.165, 1.54) is 19.3 Å². The number of amides is 1. The van der Waals surface area contributed by atoms with Crippen LogP contribution < -0.4 is 10.6 Å². The molecule has 2 rings (SSSR count). The molecule has 2 atom stereocenters. The van der Waals surface area contributed by atoms with Crippen molar-refractivity contribution in [3.8, 4) is 0 Å². The van der Waals surface area contributed by atoms with E-state index in [2.05, 4.69) is 24.5 Å². The summed E-state index contributed by atoms with van der Waals surface area (Å²) in [5, 5.41) is 6.66. The molecule has 2 aliphatic heterocycles. The van der Waals surface area contributed by atoms with Gasteiger partial charge in [-0.2, -0.15) is 0 Å². The van der Waals surface area contributed by atoms with Gasteiger partial charge in [-0.05, 0) is 52.5 Å². The number of hydrogen-bond acceptors (Lipinski definition) is 3. The van der Waals surface area contributed by atoms with Gasteiger partial charge in [-0.3, -0.25) is 4.79 Å². The SMILES string of the molecule is CC1(C)CC(NC(=O)CCC2CCCCN2)CCO1. The van der Waals surface area contributed by atoms with Gasteiger partial charge in [0.1, 0.15) is 0 Å². The van der Waals surface area contributed by atoms with Gasteiger partial charge in [-0.25, -0.2) is 0 Å². The molecule has 2 fully saturated rings. The predicted octanol–water partition coefficient (Wildman–Crippen LogP) is 1.98. The monoisotopic (exact) mass is 268 g/mol. The molecule has 0 aromatic carbocycles. The van der Waals surface area contributed by atoms with E-state index in [9.17, 15) is 4.79 Å². The molecule has 4 heteroatoms. The highest BCUT2D eigenvalue weighted by molar-refractivity contribution is 5.76. The molecule has 110 valence electrons. The highest BCUT2D eigenvalue weighted by Gasteiger charge is 2.29. The first kappa shape index (κ1) is 14.8. The second-order valence-corrected chi connectivity index (χ2v) is 6.55. The lowest BCUT2D eigenvalue weighted by molar-refractivity contribution is -0.124. The third kappa shape index (κ3) is 5.11. The minimum Gasteiger partial charge on any atom is -0.375 e. The highest BCUT2D eigenvalue weighted by atomic mass is 16.5. The van der Waals surface area contributed by atoms with Crippen molar-refractivity contribution in [1.82, 2.24) is 10.6 Å². The molecule has 2 unspecified atom stereocenters. The maximum atomic E-state index is 12.0. The molecule has 0 bridgehead atoms. The average molecular weight is 268 g/mol. The number of carbonyl (C=O) groups excluding carboxylic acids is 1. The summed E-state index contributed by atoms with van der Waals surface area (Å²) in [5.74, 6) is 0.204. The molecule has 4 nitrogen and oxygen atoms in total. The number of piperidine rings is 1. The van der Waals surface area contributed by atoms with Crippen LogP contribution in [0.15, 0.2) is 0 Å². The van der Waals surface area contributed by atoms with Crippen molar-refractivity contribution in [1.29, 1.82) is 0 Å². The maximum absolute atomic E-state index is 12.0. The van der Waals surface area contributed by atoms with Gasteiger partial charge in [0, 0.05) is 25.1 Å². The number of ether oxygens (including phenoxy) is 1. The summed E-state index contributed by atoms with van der Waals surface area (Å²) in [6, 6.07) is 0.834. The molecule has 0 aliphatic carbocycles. The topological polar surface area (TPSA) is 50.4 Å². The van der Waals surface area contributed by atoms with E-state index in [4.69, 9.17) is 4.74 Å². The van der Waals surface area contributed by atoms with E-state index in [-0.39, 0.29) is 17.6 Å². The lowest BCUT2D eigenvalue weighted by Gasteiger charge is -2.35. The largest absolute Gasteiger partial charge is 0.375 e. The van der Waals surface area contributed by atoms with E-state index in [0.717, 1.165) is 32.4 Å². The molecule has 2 saturated heterocycles. The van der Waals surface area contributed by atoms with Gasteiger partial charge in [0.15, 0.2) is 0 Å². The Morgan fingerprint density at radius 1 is 1.37 bits per heavy atom. The van der Waals surface area contributed by atoms with Crippen LogP contribution in [0.25, 0.3) is 0 Å². The first-order valence-corrected chi connectivity index (χ1v) is 7.72. The molecule has 1 amide bonds. The lowest BCUT2D eigenvalue weighted by atomic mass is 9.93. The molecule has 0 aromatic heterocycles. The van der Waals surface area contributed by atoms with Crippen molar-refractivity contribution in [3.05, 3.63) is 0 Å². The van der Waals surface area contributed by atoms with Crippen LogP contribution >= 0.6 is 0 Å². The molecule has 2 N–H and O–H groups in total. The Hall–Kier alpha value is -0.610. The zero-order valence-electron chi connectivity index (χ0n) is 12.3. The zero-order chi connectivity index (χ0) is 13.7. The minimum atomic E-state index is -0.0961. The van der Waals surface area contributed by atoms with Crippen molar-refractivity contribution in [2.24, 2.45) is 0 Å². The normalized spacial score (nSPS) is 30.8. The summed E-state index contributed by atoms with van der Waals surface area (Å²) in [5.41, 5.74) is -0.0961. The van der Waals surface area contributed by atoms with Gasteiger partial charge >= 0.3 is 0 Å². The Morgan fingerprint density at radius 2 is 2.21 bits per heavy atom. The third-order valence-electron chi connectivity index (χ3n) is 4.19. The van der Waals surface area contributed by atoms with Crippen molar-refractivity contribution in [2.75, 3.05) is 13.2 Å². The minimum absolute atomic E-state index is 0.0961. The van der Waals surface area contributed by atoms with Crippen LogP contribution in [0.3, 0.4) is 0 Å². The third-order valence-corrected chi connectivity index (χ3v) is 4.19. The standard InChI is InChI=1S/C15H28N2O2/c1-15(2)11-13(8-10-19-15)17-14(18)7-6-12-5-3-4-9-16-12/h12-13,16H,3-11H2,1-2H3,(H,17,18). The van der Waals surface area contributed by atoms with Crippen molar-refractivity contribution in [3.63, 3.8) is 0 Å². The fraction of sp³-hybridized carbons (Fsp3) is 0.933. The zero-order valence-corrected chi connectivity index (χ0v) is 12.3. The Kier molecular flexibility index (Phi) is 5.22. The second kappa shape index (κ2) is 6.71. The quantitative estimate of drug-likeness (QED) is 0.820. The molecular formula is C15H28N2O2. The molecule has 0 radical (unpaired) electrons. The van der Waals surface area contributed by atoms with E-state index in [0.29, 0.717) is 12.5 Å². The number of rotatable bonds is 4. The van der Waals surface area contributed by atoms with Crippen LogP contribution in [0.5, 0.6) is 0 Å². The Balaban J connectivity index is 1.66. The van der Waals surface area contributed by atoms with Crippen LogP contribution in [0, 0.1) is 0 Å². The van der Waals surface area contributed by atoms with E-state index in [1.807, 2.05) is 0 Å². The molecule has 0 spiro atoms. The molecule has 2 aliphatic rings. The summed E-state index contributed by atoms with van der Waals surface area (Å²) in [6.45, 7) is 6.05. The fourth-order valence-corrected chi connectivity index (χ4v) is 3.13. The van der Waals surface area contributed by atoms with Gasteiger partial charge in [-0.1, -0.05) is 6.42 Å². The van der Waals surface area contributed by atoms with Crippen LogP contribution in [0.2, 0.25) is 0 Å². The fourth-order valence-electron chi connectivity index (χ4n) is 3.13. The van der Waals surface area contributed by atoms with E-state index >= 15 is 0 Å². The van der Waals surface area contributed by atoms with Crippen molar-refractivity contribution in [2.45, 2.75) is 76.5 Å². The molecule has 0 saturated carbocycles. The predicted molar refractivity (Wildman–Crippen MR) is 76.1 cm³/mol. The smallest absolute Gasteiger partial charge is 0.220 e. The molecule has 0 aromatic rings. The van der Waals surface area contributed by atoms with E-state index < -0.39 is 0 Å². The Bertz CT molecular complexity index is 299. The molecule has 19 heavy (non-hydrogen) atoms. The van der Waals surface area contributed by atoms with Crippen LogP contribution in [0.4, 0.5) is 0 Å². The first-order valence-electron chi connectivity index (χ1n) is 7.72. The summed E-state index contributed by atoms with van der Waals surface area (Å²) in [4.78, 5) is 12.0.